The molecule has 8 aromatic carbocycles. The van der Waals surface area contributed by atoms with Crippen LogP contribution in [0.15, 0.2) is 182 Å². The minimum atomic E-state index is 0.653. The first kappa shape index (κ1) is 28.8. The predicted molar refractivity (Wildman–Crippen MR) is 217 cm³/mol. The number of para-hydroxylation sites is 4. The normalized spacial score (nSPS) is 11.8. The van der Waals surface area contributed by atoms with Gasteiger partial charge in [-0.2, -0.15) is 0 Å². The molecule has 0 atom stereocenters. The molecule has 0 amide bonds. The lowest BCUT2D eigenvalue weighted by Gasteiger charge is -2.13. The van der Waals surface area contributed by atoms with Gasteiger partial charge in [0.25, 0.3) is 0 Å². The highest BCUT2D eigenvalue weighted by atomic mass is 15.2. The van der Waals surface area contributed by atoms with Crippen molar-refractivity contribution in [1.29, 1.82) is 0 Å². The molecule has 0 fully saturated rings. The van der Waals surface area contributed by atoms with Gasteiger partial charge in [-0.3, -0.25) is 4.57 Å². The Morgan fingerprint density at radius 2 is 0.904 bits per heavy atom. The van der Waals surface area contributed by atoms with E-state index >= 15 is 0 Å². The maximum atomic E-state index is 5.41. The average Bonchev–Trinajstić information content (AvgIpc) is 3.71. The largest absolute Gasteiger partial charge is 0.309 e. The second-order valence-electron chi connectivity index (χ2n) is 13.5. The monoisotopic (exact) mass is 662 g/mol. The number of nitrogens with zero attached hydrogens (tertiary/aromatic N) is 4. The van der Waals surface area contributed by atoms with Gasteiger partial charge in [0.15, 0.2) is 0 Å². The van der Waals surface area contributed by atoms with Gasteiger partial charge in [0.2, 0.25) is 5.95 Å². The van der Waals surface area contributed by atoms with Crippen molar-refractivity contribution in [1.82, 2.24) is 19.1 Å². The summed E-state index contributed by atoms with van der Waals surface area (Å²) < 4.78 is 4.62. The van der Waals surface area contributed by atoms with Gasteiger partial charge in [-0.25, -0.2) is 9.97 Å². The maximum Gasteiger partial charge on any atom is 0.235 e. The lowest BCUT2D eigenvalue weighted by molar-refractivity contribution is 1.01. The standard InChI is InChI=1S/C48H30N4/c1-2-14-36(15-3-1)51-43-20-10-7-16-37(43)40-29-41-38-17-8-11-21-44(38)52(46(41)30-45(40)51)48-49-42-19-9-6-18-39(42)47(50-48)33-25-22-32(23-26-33)35-27-24-31-12-4-5-13-34(31)28-35/h1-30H. The van der Waals surface area contributed by atoms with E-state index in [9.17, 15) is 0 Å². The zero-order valence-corrected chi connectivity index (χ0v) is 28.1. The van der Waals surface area contributed by atoms with Gasteiger partial charge in [0.1, 0.15) is 0 Å². The topological polar surface area (TPSA) is 35.6 Å². The summed E-state index contributed by atoms with van der Waals surface area (Å²) in [6.07, 6.45) is 0. The number of benzene rings is 8. The summed E-state index contributed by atoms with van der Waals surface area (Å²) >= 11 is 0. The Balaban J connectivity index is 1.15. The second kappa shape index (κ2) is 11.2. The summed E-state index contributed by atoms with van der Waals surface area (Å²) in [5.74, 6) is 0.653. The summed E-state index contributed by atoms with van der Waals surface area (Å²) in [5, 5.41) is 8.32. The lowest BCUT2D eigenvalue weighted by Crippen LogP contribution is -2.03. The number of rotatable bonds is 4. The van der Waals surface area contributed by atoms with Crippen molar-refractivity contribution in [2.45, 2.75) is 0 Å². The van der Waals surface area contributed by atoms with Crippen LogP contribution in [0.2, 0.25) is 0 Å². The minimum Gasteiger partial charge on any atom is -0.309 e. The van der Waals surface area contributed by atoms with E-state index in [4.69, 9.17) is 9.97 Å². The van der Waals surface area contributed by atoms with E-state index in [1.165, 1.54) is 49.0 Å². The molecule has 0 aliphatic heterocycles. The summed E-state index contributed by atoms with van der Waals surface area (Å²) in [4.78, 5) is 10.7. The molecule has 242 valence electrons. The Bertz CT molecular complexity index is 3170. The van der Waals surface area contributed by atoms with Crippen LogP contribution >= 0.6 is 0 Å². The SMILES string of the molecule is c1ccc(-n2c3ccccc3c3cc4c5ccccc5n(-c5nc(-c6ccc(-c7ccc8ccccc8c7)cc6)c6ccccc6n5)c4cc32)cc1. The van der Waals surface area contributed by atoms with Gasteiger partial charge >= 0.3 is 0 Å². The van der Waals surface area contributed by atoms with Crippen molar-refractivity contribution >= 4 is 65.3 Å². The third-order valence-corrected chi connectivity index (χ3v) is 10.5. The molecule has 0 spiro atoms. The lowest BCUT2D eigenvalue weighted by atomic mass is 9.99. The molecule has 3 heterocycles. The highest BCUT2D eigenvalue weighted by Gasteiger charge is 2.20. The molecule has 11 rings (SSSR count). The summed E-state index contributed by atoms with van der Waals surface area (Å²) in [6, 6.07) is 64.9. The fraction of sp³-hybridized carbons (Fsp3) is 0. The van der Waals surface area contributed by atoms with Gasteiger partial charge in [-0.05, 0) is 70.4 Å². The smallest absolute Gasteiger partial charge is 0.235 e. The van der Waals surface area contributed by atoms with Crippen LogP contribution in [0.4, 0.5) is 0 Å². The zero-order valence-electron chi connectivity index (χ0n) is 28.1. The van der Waals surface area contributed by atoms with Crippen LogP contribution in [0, 0.1) is 0 Å². The molecule has 0 N–H and O–H groups in total. The molecule has 4 heteroatoms. The minimum absolute atomic E-state index is 0.653. The molecule has 0 saturated heterocycles. The van der Waals surface area contributed by atoms with Crippen LogP contribution in [0.25, 0.3) is 99.3 Å². The van der Waals surface area contributed by atoms with Crippen molar-refractivity contribution < 1.29 is 0 Å². The zero-order chi connectivity index (χ0) is 34.2. The molecule has 4 nitrogen and oxygen atoms in total. The number of hydrogen-bond acceptors (Lipinski definition) is 2. The second-order valence-corrected chi connectivity index (χ2v) is 13.5. The molecule has 0 aliphatic rings. The van der Waals surface area contributed by atoms with Gasteiger partial charge in [-0.15, -0.1) is 0 Å². The first-order valence-electron chi connectivity index (χ1n) is 17.7. The highest BCUT2D eigenvalue weighted by Crippen LogP contribution is 2.40. The first-order valence-corrected chi connectivity index (χ1v) is 17.7. The van der Waals surface area contributed by atoms with Crippen molar-refractivity contribution in [3.63, 3.8) is 0 Å². The Labute approximate surface area is 299 Å². The van der Waals surface area contributed by atoms with Crippen molar-refractivity contribution in [3.05, 3.63) is 182 Å². The first-order chi connectivity index (χ1) is 25.8. The number of aromatic nitrogens is 4. The molecule has 0 aliphatic carbocycles. The maximum absolute atomic E-state index is 5.41. The van der Waals surface area contributed by atoms with Crippen LogP contribution < -0.4 is 0 Å². The molecule has 0 saturated carbocycles. The highest BCUT2D eigenvalue weighted by molar-refractivity contribution is 6.19. The molecule has 3 aromatic heterocycles. The quantitative estimate of drug-likeness (QED) is 0.188. The molecule has 0 radical (unpaired) electrons. The van der Waals surface area contributed by atoms with Crippen LogP contribution in [-0.4, -0.2) is 19.1 Å². The van der Waals surface area contributed by atoms with E-state index in [0.29, 0.717) is 5.95 Å². The Morgan fingerprint density at radius 1 is 0.327 bits per heavy atom. The summed E-state index contributed by atoms with van der Waals surface area (Å²) in [5.41, 5.74) is 10.9. The third-order valence-electron chi connectivity index (χ3n) is 10.5. The molecular formula is C48H30N4. The van der Waals surface area contributed by atoms with Crippen LogP contribution in [-0.2, 0) is 0 Å². The van der Waals surface area contributed by atoms with E-state index in [2.05, 4.69) is 191 Å². The van der Waals surface area contributed by atoms with Crippen molar-refractivity contribution in [2.75, 3.05) is 0 Å². The Morgan fingerprint density at radius 3 is 1.67 bits per heavy atom. The van der Waals surface area contributed by atoms with Crippen LogP contribution in [0.1, 0.15) is 0 Å². The van der Waals surface area contributed by atoms with E-state index in [1.807, 2.05) is 0 Å². The van der Waals surface area contributed by atoms with Gasteiger partial charge in [-0.1, -0.05) is 133 Å². The van der Waals surface area contributed by atoms with Crippen molar-refractivity contribution in [3.8, 4) is 34.0 Å². The molecule has 0 unspecified atom stereocenters. The van der Waals surface area contributed by atoms with Crippen LogP contribution in [0.5, 0.6) is 0 Å². The molecule has 52 heavy (non-hydrogen) atoms. The Hall–Kier alpha value is -7.04. The van der Waals surface area contributed by atoms with Gasteiger partial charge in [0.05, 0.1) is 33.3 Å². The molecule has 0 bridgehead atoms. The fourth-order valence-electron chi connectivity index (χ4n) is 8.08. The molecular weight excluding hydrogens is 633 g/mol. The van der Waals surface area contributed by atoms with Crippen molar-refractivity contribution in [2.24, 2.45) is 0 Å². The van der Waals surface area contributed by atoms with Gasteiger partial charge in [0, 0.05) is 38.2 Å². The average molecular weight is 663 g/mol. The van der Waals surface area contributed by atoms with E-state index < -0.39 is 0 Å². The van der Waals surface area contributed by atoms with Crippen LogP contribution in [0.3, 0.4) is 0 Å². The summed E-state index contributed by atoms with van der Waals surface area (Å²) in [7, 11) is 0. The number of hydrogen-bond donors (Lipinski definition) is 0. The van der Waals surface area contributed by atoms with Gasteiger partial charge < -0.3 is 4.57 Å². The number of fused-ring (bicyclic) bond motifs is 8. The van der Waals surface area contributed by atoms with E-state index in [0.717, 1.165) is 44.4 Å². The summed E-state index contributed by atoms with van der Waals surface area (Å²) in [6.45, 7) is 0. The van der Waals surface area contributed by atoms with E-state index in [-0.39, 0.29) is 0 Å². The van der Waals surface area contributed by atoms with E-state index in [1.54, 1.807) is 0 Å². The fourth-order valence-corrected chi connectivity index (χ4v) is 8.08. The third kappa shape index (κ3) is 4.34. The predicted octanol–water partition coefficient (Wildman–Crippen LogP) is 12.3. The Kier molecular flexibility index (Phi) is 6.22. The molecule has 11 aromatic rings.